The van der Waals surface area contributed by atoms with Crippen LogP contribution in [0.15, 0.2) is 36.4 Å². The van der Waals surface area contributed by atoms with Crippen LogP contribution in [0.3, 0.4) is 0 Å². The molecule has 0 atom stereocenters. The molecule has 0 saturated heterocycles. The predicted molar refractivity (Wildman–Crippen MR) is 76.8 cm³/mol. The zero-order valence-corrected chi connectivity index (χ0v) is 11.6. The van der Waals surface area contributed by atoms with E-state index < -0.39 is 0 Å². The lowest BCUT2D eigenvalue weighted by Gasteiger charge is -2.12. The van der Waals surface area contributed by atoms with Crippen LogP contribution in [0, 0.1) is 20.8 Å². The molecule has 94 valence electrons. The number of ether oxygens (including phenoxy) is 1. The second kappa shape index (κ2) is 5.36. The maximum atomic E-state index is 5.14. The lowest BCUT2D eigenvalue weighted by molar-refractivity contribution is 0.185. The molecule has 0 aliphatic heterocycles. The van der Waals surface area contributed by atoms with E-state index in [1.807, 2.05) is 0 Å². The van der Waals surface area contributed by atoms with E-state index in [1.165, 1.54) is 33.4 Å². The summed E-state index contributed by atoms with van der Waals surface area (Å²) in [6.45, 7) is 7.18. The van der Waals surface area contributed by atoms with Crippen molar-refractivity contribution in [2.45, 2.75) is 27.4 Å². The minimum Gasteiger partial charge on any atom is -0.380 e. The number of methoxy groups -OCH3 is 1. The molecule has 0 aliphatic rings. The zero-order chi connectivity index (χ0) is 13.1. The van der Waals surface area contributed by atoms with Gasteiger partial charge in [0.1, 0.15) is 0 Å². The van der Waals surface area contributed by atoms with Crippen LogP contribution in [-0.2, 0) is 11.3 Å². The molecule has 0 heterocycles. The first-order valence-electron chi connectivity index (χ1n) is 6.28. The van der Waals surface area contributed by atoms with E-state index in [2.05, 4.69) is 57.2 Å². The van der Waals surface area contributed by atoms with Gasteiger partial charge in [0.25, 0.3) is 0 Å². The average molecular weight is 240 g/mol. The van der Waals surface area contributed by atoms with Crippen molar-refractivity contribution in [1.29, 1.82) is 0 Å². The van der Waals surface area contributed by atoms with Crippen molar-refractivity contribution >= 4 is 0 Å². The Bertz CT molecular complexity index is 515. The Morgan fingerprint density at radius 3 is 1.94 bits per heavy atom. The highest BCUT2D eigenvalue weighted by atomic mass is 16.5. The van der Waals surface area contributed by atoms with Gasteiger partial charge in [-0.25, -0.2) is 0 Å². The molecule has 0 aromatic heterocycles. The molecule has 0 amide bonds. The average Bonchev–Trinajstić information content (AvgIpc) is 2.30. The van der Waals surface area contributed by atoms with Gasteiger partial charge in [-0.15, -0.1) is 0 Å². The molecule has 1 nitrogen and oxygen atoms in total. The Kier molecular flexibility index (Phi) is 3.83. The van der Waals surface area contributed by atoms with E-state index in [0.29, 0.717) is 6.61 Å². The number of aryl methyl sites for hydroxylation is 3. The Morgan fingerprint density at radius 2 is 1.44 bits per heavy atom. The van der Waals surface area contributed by atoms with Crippen molar-refractivity contribution in [2.24, 2.45) is 0 Å². The minimum absolute atomic E-state index is 0.673. The summed E-state index contributed by atoms with van der Waals surface area (Å²) in [7, 11) is 1.72. The maximum Gasteiger partial charge on any atom is 0.0713 e. The van der Waals surface area contributed by atoms with Crippen LogP contribution in [0.1, 0.15) is 22.3 Å². The third kappa shape index (κ3) is 2.62. The summed E-state index contributed by atoms with van der Waals surface area (Å²) < 4.78 is 5.14. The third-order valence-corrected chi connectivity index (χ3v) is 3.23. The van der Waals surface area contributed by atoms with Gasteiger partial charge in [0, 0.05) is 7.11 Å². The van der Waals surface area contributed by atoms with Crippen LogP contribution in [0.5, 0.6) is 0 Å². The SMILES string of the molecule is COCc1ccc(-c2c(C)cc(C)cc2C)cc1. The van der Waals surface area contributed by atoms with Crippen LogP contribution in [0.25, 0.3) is 11.1 Å². The monoisotopic (exact) mass is 240 g/mol. The van der Waals surface area contributed by atoms with Crippen molar-refractivity contribution < 1.29 is 4.74 Å². The Balaban J connectivity index is 2.42. The minimum atomic E-state index is 0.673. The van der Waals surface area contributed by atoms with Gasteiger partial charge in [-0.1, -0.05) is 42.0 Å². The Labute approximate surface area is 109 Å². The quantitative estimate of drug-likeness (QED) is 0.771. The third-order valence-electron chi connectivity index (χ3n) is 3.23. The van der Waals surface area contributed by atoms with Gasteiger partial charge in [0.15, 0.2) is 0 Å². The van der Waals surface area contributed by atoms with Crippen LogP contribution in [-0.4, -0.2) is 7.11 Å². The smallest absolute Gasteiger partial charge is 0.0713 e. The Hall–Kier alpha value is -1.60. The highest BCUT2D eigenvalue weighted by Crippen LogP contribution is 2.28. The summed E-state index contributed by atoms with van der Waals surface area (Å²) in [4.78, 5) is 0. The first-order chi connectivity index (χ1) is 8.61. The fourth-order valence-electron chi connectivity index (χ4n) is 2.57. The fraction of sp³-hybridized carbons (Fsp3) is 0.294. The summed E-state index contributed by atoms with van der Waals surface area (Å²) >= 11 is 0. The maximum absolute atomic E-state index is 5.14. The molecule has 2 rings (SSSR count). The molecule has 0 spiro atoms. The molecule has 0 bridgehead atoms. The van der Waals surface area contributed by atoms with Gasteiger partial charge in [-0.05, 0) is 48.6 Å². The molecule has 2 aromatic rings. The van der Waals surface area contributed by atoms with Gasteiger partial charge in [0.2, 0.25) is 0 Å². The fourth-order valence-corrected chi connectivity index (χ4v) is 2.57. The van der Waals surface area contributed by atoms with Crippen molar-refractivity contribution in [2.75, 3.05) is 7.11 Å². The zero-order valence-electron chi connectivity index (χ0n) is 11.6. The van der Waals surface area contributed by atoms with E-state index in [9.17, 15) is 0 Å². The Morgan fingerprint density at radius 1 is 0.889 bits per heavy atom. The summed E-state index contributed by atoms with van der Waals surface area (Å²) in [5.74, 6) is 0. The standard InChI is InChI=1S/C17H20O/c1-12-9-13(2)17(14(3)10-12)16-7-5-15(6-8-16)11-18-4/h5-10H,11H2,1-4H3. The van der Waals surface area contributed by atoms with Crippen LogP contribution in [0.2, 0.25) is 0 Å². The molecular formula is C17H20O. The van der Waals surface area contributed by atoms with E-state index >= 15 is 0 Å². The van der Waals surface area contributed by atoms with Crippen LogP contribution < -0.4 is 0 Å². The number of hydrogen-bond acceptors (Lipinski definition) is 1. The van der Waals surface area contributed by atoms with Gasteiger partial charge in [0.05, 0.1) is 6.61 Å². The van der Waals surface area contributed by atoms with Gasteiger partial charge >= 0.3 is 0 Å². The van der Waals surface area contributed by atoms with E-state index in [0.717, 1.165) is 0 Å². The predicted octanol–water partition coefficient (Wildman–Crippen LogP) is 4.43. The summed E-state index contributed by atoms with van der Waals surface area (Å²) in [5.41, 5.74) is 7.85. The molecular weight excluding hydrogens is 220 g/mol. The summed E-state index contributed by atoms with van der Waals surface area (Å²) in [6, 6.07) is 13.1. The molecule has 2 aromatic carbocycles. The van der Waals surface area contributed by atoms with Gasteiger partial charge in [-0.3, -0.25) is 0 Å². The molecule has 0 unspecified atom stereocenters. The second-order valence-corrected chi connectivity index (χ2v) is 4.90. The summed E-state index contributed by atoms with van der Waals surface area (Å²) in [6.07, 6.45) is 0. The van der Waals surface area contributed by atoms with E-state index in [1.54, 1.807) is 7.11 Å². The normalized spacial score (nSPS) is 10.7. The van der Waals surface area contributed by atoms with Crippen LogP contribution >= 0.6 is 0 Å². The summed E-state index contributed by atoms with van der Waals surface area (Å²) in [5, 5.41) is 0. The number of benzene rings is 2. The molecule has 0 radical (unpaired) electrons. The van der Waals surface area contributed by atoms with E-state index in [4.69, 9.17) is 4.74 Å². The molecule has 0 saturated carbocycles. The largest absolute Gasteiger partial charge is 0.380 e. The highest BCUT2D eigenvalue weighted by molar-refractivity contribution is 5.71. The molecule has 1 heteroatoms. The molecule has 0 fully saturated rings. The van der Waals surface area contributed by atoms with Gasteiger partial charge < -0.3 is 4.74 Å². The van der Waals surface area contributed by atoms with Crippen molar-refractivity contribution in [3.8, 4) is 11.1 Å². The van der Waals surface area contributed by atoms with Gasteiger partial charge in [-0.2, -0.15) is 0 Å². The van der Waals surface area contributed by atoms with Crippen LogP contribution in [0.4, 0.5) is 0 Å². The molecule has 18 heavy (non-hydrogen) atoms. The lowest BCUT2D eigenvalue weighted by Crippen LogP contribution is -1.91. The first-order valence-corrected chi connectivity index (χ1v) is 6.28. The first kappa shape index (κ1) is 12.8. The number of rotatable bonds is 3. The lowest BCUT2D eigenvalue weighted by atomic mass is 9.93. The highest BCUT2D eigenvalue weighted by Gasteiger charge is 2.06. The topological polar surface area (TPSA) is 9.23 Å². The molecule has 0 aliphatic carbocycles. The van der Waals surface area contributed by atoms with Crippen molar-refractivity contribution in [3.05, 3.63) is 58.7 Å². The van der Waals surface area contributed by atoms with Crippen molar-refractivity contribution in [3.63, 3.8) is 0 Å². The second-order valence-electron chi connectivity index (χ2n) is 4.90. The molecule has 0 N–H and O–H groups in total. The van der Waals surface area contributed by atoms with E-state index in [-0.39, 0.29) is 0 Å². The van der Waals surface area contributed by atoms with Crippen molar-refractivity contribution in [1.82, 2.24) is 0 Å². The number of hydrogen-bond donors (Lipinski definition) is 0.